The largest absolute Gasteiger partial charge is 0.352 e. The molecule has 0 radical (unpaired) electrons. The molecule has 1 aliphatic heterocycles. The molecule has 2 rings (SSSR count). The van der Waals surface area contributed by atoms with Crippen LogP contribution in [-0.4, -0.2) is 36.0 Å². The van der Waals surface area contributed by atoms with Gasteiger partial charge < -0.3 is 5.32 Å². The minimum atomic E-state index is 0.161. The van der Waals surface area contributed by atoms with Gasteiger partial charge in [-0.15, -0.1) is 0 Å². The van der Waals surface area contributed by atoms with E-state index in [0.717, 1.165) is 25.4 Å². The number of likely N-dealkylation sites (tertiary alicyclic amines) is 1. The third kappa shape index (κ3) is 3.47. The van der Waals surface area contributed by atoms with Gasteiger partial charge >= 0.3 is 0 Å². The molecular weight excluding hydrogens is 224 g/mol. The Bertz CT molecular complexity index is 274. The van der Waals surface area contributed by atoms with Crippen molar-refractivity contribution >= 4 is 5.91 Å². The van der Waals surface area contributed by atoms with Gasteiger partial charge in [0.15, 0.2) is 0 Å². The Balaban J connectivity index is 1.75. The van der Waals surface area contributed by atoms with Crippen LogP contribution in [0.25, 0.3) is 0 Å². The maximum absolute atomic E-state index is 11.9. The van der Waals surface area contributed by atoms with Crippen LogP contribution in [0.2, 0.25) is 0 Å². The molecule has 0 aromatic heterocycles. The third-order valence-electron chi connectivity index (χ3n) is 4.72. The molecule has 1 saturated carbocycles. The standard InChI is InChI=1S/C15H28N2O/c1-3-12(2)15(18)16-13-9-10-17(11-13)14-7-5-4-6-8-14/h12-14H,3-11H2,1-2H3,(H,16,18). The molecule has 2 fully saturated rings. The second-order valence-electron chi connectivity index (χ2n) is 6.09. The number of rotatable bonds is 4. The average molecular weight is 252 g/mol. The van der Waals surface area contributed by atoms with Crippen molar-refractivity contribution in [2.45, 2.75) is 70.9 Å². The Kier molecular flexibility index (Phi) is 5.04. The lowest BCUT2D eigenvalue weighted by Crippen LogP contribution is -2.42. The fourth-order valence-electron chi connectivity index (χ4n) is 3.21. The molecule has 0 aromatic rings. The lowest BCUT2D eigenvalue weighted by molar-refractivity contribution is -0.125. The number of hydrogen-bond donors (Lipinski definition) is 1. The molecule has 2 atom stereocenters. The number of nitrogens with zero attached hydrogens (tertiary/aromatic N) is 1. The molecule has 1 heterocycles. The van der Waals surface area contributed by atoms with E-state index < -0.39 is 0 Å². The molecule has 1 aliphatic carbocycles. The highest BCUT2D eigenvalue weighted by Crippen LogP contribution is 2.25. The second kappa shape index (κ2) is 6.55. The highest BCUT2D eigenvalue weighted by Gasteiger charge is 2.30. The van der Waals surface area contributed by atoms with Crippen LogP contribution in [0.1, 0.15) is 58.8 Å². The smallest absolute Gasteiger partial charge is 0.223 e. The fourth-order valence-corrected chi connectivity index (χ4v) is 3.21. The van der Waals surface area contributed by atoms with Crippen molar-refractivity contribution in [2.24, 2.45) is 5.92 Å². The van der Waals surface area contributed by atoms with Gasteiger partial charge in [-0.05, 0) is 25.7 Å². The summed E-state index contributed by atoms with van der Waals surface area (Å²) in [7, 11) is 0. The maximum atomic E-state index is 11.9. The zero-order chi connectivity index (χ0) is 13.0. The lowest BCUT2D eigenvalue weighted by Gasteiger charge is -2.31. The number of nitrogens with one attached hydrogen (secondary N) is 1. The second-order valence-corrected chi connectivity index (χ2v) is 6.09. The minimum absolute atomic E-state index is 0.161. The zero-order valence-electron chi connectivity index (χ0n) is 12.0. The molecule has 1 amide bonds. The van der Waals surface area contributed by atoms with Gasteiger partial charge in [-0.2, -0.15) is 0 Å². The van der Waals surface area contributed by atoms with Gasteiger partial charge in [0.2, 0.25) is 5.91 Å². The van der Waals surface area contributed by atoms with E-state index in [4.69, 9.17) is 0 Å². The lowest BCUT2D eigenvalue weighted by atomic mass is 9.94. The number of carbonyl (C=O) groups is 1. The zero-order valence-corrected chi connectivity index (χ0v) is 12.0. The van der Waals surface area contributed by atoms with Crippen LogP contribution in [0.3, 0.4) is 0 Å². The van der Waals surface area contributed by atoms with Crippen LogP contribution < -0.4 is 5.32 Å². The van der Waals surface area contributed by atoms with Crippen LogP contribution >= 0.6 is 0 Å². The average Bonchev–Trinajstić information content (AvgIpc) is 2.87. The van der Waals surface area contributed by atoms with Crippen molar-refractivity contribution in [2.75, 3.05) is 13.1 Å². The van der Waals surface area contributed by atoms with E-state index in [1.165, 1.54) is 38.6 Å². The summed E-state index contributed by atoms with van der Waals surface area (Å²) in [6, 6.07) is 1.19. The van der Waals surface area contributed by atoms with Crippen LogP contribution in [0.4, 0.5) is 0 Å². The Labute approximate surface area is 111 Å². The fraction of sp³-hybridized carbons (Fsp3) is 0.933. The van der Waals surface area contributed by atoms with Crippen molar-refractivity contribution in [3.8, 4) is 0 Å². The van der Waals surface area contributed by atoms with Crippen molar-refractivity contribution in [1.29, 1.82) is 0 Å². The van der Waals surface area contributed by atoms with E-state index in [0.29, 0.717) is 6.04 Å². The van der Waals surface area contributed by atoms with Crippen LogP contribution in [-0.2, 0) is 4.79 Å². The Hall–Kier alpha value is -0.570. The summed E-state index contributed by atoms with van der Waals surface area (Å²) in [5.74, 6) is 0.404. The summed E-state index contributed by atoms with van der Waals surface area (Å²) < 4.78 is 0. The third-order valence-corrected chi connectivity index (χ3v) is 4.72. The van der Waals surface area contributed by atoms with Crippen molar-refractivity contribution < 1.29 is 4.79 Å². The monoisotopic (exact) mass is 252 g/mol. The summed E-state index contributed by atoms with van der Waals surface area (Å²) in [6.07, 6.45) is 9.01. The van der Waals surface area contributed by atoms with Crippen molar-refractivity contribution in [3.63, 3.8) is 0 Å². The first-order chi connectivity index (χ1) is 8.70. The van der Waals surface area contributed by atoms with Crippen LogP contribution in [0.5, 0.6) is 0 Å². The topological polar surface area (TPSA) is 32.3 Å². The molecule has 18 heavy (non-hydrogen) atoms. The van der Waals surface area contributed by atoms with Crippen LogP contribution in [0, 0.1) is 5.92 Å². The van der Waals surface area contributed by atoms with Crippen LogP contribution in [0.15, 0.2) is 0 Å². The molecule has 104 valence electrons. The summed E-state index contributed by atoms with van der Waals surface area (Å²) in [5, 5.41) is 3.22. The Morgan fingerprint density at radius 3 is 2.67 bits per heavy atom. The molecule has 1 saturated heterocycles. The van der Waals surface area contributed by atoms with E-state index in [1.807, 2.05) is 6.92 Å². The molecule has 2 aliphatic rings. The molecule has 3 nitrogen and oxygen atoms in total. The molecular formula is C15H28N2O. The van der Waals surface area contributed by atoms with Gasteiger partial charge in [-0.25, -0.2) is 0 Å². The predicted molar refractivity (Wildman–Crippen MR) is 74.4 cm³/mol. The molecule has 2 unspecified atom stereocenters. The molecule has 0 aromatic carbocycles. The van der Waals surface area contributed by atoms with Crippen molar-refractivity contribution in [3.05, 3.63) is 0 Å². The summed E-state index contributed by atoms with van der Waals surface area (Å²) in [5.41, 5.74) is 0. The number of carbonyl (C=O) groups excluding carboxylic acids is 1. The highest BCUT2D eigenvalue weighted by molar-refractivity contribution is 5.78. The number of amides is 1. The first-order valence-corrected chi connectivity index (χ1v) is 7.75. The van der Waals surface area contributed by atoms with Gasteiger partial charge in [0, 0.05) is 31.1 Å². The van der Waals surface area contributed by atoms with Gasteiger partial charge in [0.25, 0.3) is 0 Å². The van der Waals surface area contributed by atoms with Gasteiger partial charge in [0.05, 0.1) is 0 Å². The predicted octanol–water partition coefficient (Wildman–Crippen LogP) is 2.56. The van der Waals surface area contributed by atoms with E-state index in [-0.39, 0.29) is 11.8 Å². The van der Waals surface area contributed by atoms with E-state index >= 15 is 0 Å². The molecule has 0 bridgehead atoms. The van der Waals surface area contributed by atoms with E-state index in [1.54, 1.807) is 0 Å². The highest BCUT2D eigenvalue weighted by atomic mass is 16.1. The van der Waals surface area contributed by atoms with Gasteiger partial charge in [0.1, 0.15) is 0 Å². The quantitative estimate of drug-likeness (QED) is 0.834. The SMILES string of the molecule is CCC(C)C(=O)NC1CCN(C2CCCCC2)C1. The van der Waals surface area contributed by atoms with Gasteiger partial charge in [-0.1, -0.05) is 33.1 Å². The number of hydrogen-bond acceptors (Lipinski definition) is 2. The summed E-state index contributed by atoms with van der Waals surface area (Å²) in [4.78, 5) is 14.5. The first kappa shape index (κ1) is 13.9. The Morgan fingerprint density at radius 2 is 2.00 bits per heavy atom. The van der Waals surface area contributed by atoms with Gasteiger partial charge in [-0.3, -0.25) is 9.69 Å². The molecule has 1 N–H and O–H groups in total. The maximum Gasteiger partial charge on any atom is 0.223 e. The van der Waals surface area contributed by atoms with E-state index in [9.17, 15) is 4.79 Å². The summed E-state index contributed by atoms with van der Waals surface area (Å²) in [6.45, 7) is 6.35. The summed E-state index contributed by atoms with van der Waals surface area (Å²) >= 11 is 0. The molecule has 0 spiro atoms. The van der Waals surface area contributed by atoms with Crippen molar-refractivity contribution in [1.82, 2.24) is 10.2 Å². The molecule has 3 heteroatoms. The first-order valence-electron chi connectivity index (χ1n) is 7.75. The minimum Gasteiger partial charge on any atom is -0.352 e. The van der Waals surface area contributed by atoms with E-state index in [2.05, 4.69) is 17.1 Å². The Morgan fingerprint density at radius 1 is 1.28 bits per heavy atom. The normalized spacial score (nSPS) is 28.2.